The van der Waals surface area contributed by atoms with E-state index in [0.717, 1.165) is 0 Å². The van der Waals surface area contributed by atoms with Crippen molar-refractivity contribution in [3.63, 3.8) is 0 Å². The van der Waals surface area contributed by atoms with Crippen LogP contribution >= 0.6 is 0 Å². The summed E-state index contributed by atoms with van der Waals surface area (Å²) in [6.45, 7) is 5.91. The first-order chi connectivity index (χ1) is 6.27. The second-order valence-electron chi connectivity index (χ2n) is 2.31. The van der Waals surface area contributed by atoms with E-state index in [0.29, 0.717) is 17.7 Å². The quantitative estimate of drug-likeness (QED) is 0.684. The predicted molar refractivity (Wildman–Crippen MR) is 53.7 cm³/mol. The first-order valence-corrected chi connectivity index (χ1v) is 4.60. The normalized spacial score (nSPS) is 8.69. The Morgan fingerprint density at radius 1 is 1.31 bits per heavy atom. The van der Waals surface area contributed by atoms with Gasteiger partial charge in [0.05, 0.1) is 7.11 Å². The monoisotopic (exact) mass is 184 g/mol. The highest BCUT2D eigenvalue weighted by Gasteiger charge is 2.00. The minimum absolute atomic E-state index is 0.159. The van der Waals surface area contributed by atoms with E-state index < -0.39 is 0 Å². The molecular weight excluding hydrogens is 167 g/mol. The van der Waals surface area contributed by atoms with E-state index in [2.05, 4.69) is 0 Å². The molecule has 1 aromatic carbocycles. The van der Waals surface area contributed by atoms with Crippen LogP contribution in [0.2, 0.25) is 0 Å². The summed E-state index contributed by atoms with van der Waals surface area (Å²) >= 11 is 0. The molecule has 2 heteroatoms. The molecule has 0 amide bonds. The third kappa shape index (κ3) is 3.45. The lowest BCUT2D eigenvalue weighted by Gasteiger charge is -2.02. The molecule has 0 heterocycles. The summed E-state index contributed by atoms with van der Waals surface area (Å²) in [7, 11) is 1.58. The van der Waals surface area contributed by atoms with Gasteiger partial charge in [0.15, 0.2) is 0 Å². The van der Waals surface area contributed by atoms with Crippen molar-refractivity contribution in [2.24, 2.45) is 0 Å². The largest absolute Gasteiger partial charge is 0.497 e. The van der Waals surface area contributed by atoms with Gasteiger partial charge in [0.2, 0.25) is 0 Å². The minimum atomic E-state index is -0.159. The van der Waals surface area contributed by atoms with Crippen LogP contribution in [0.15, 0.2) is 18.2 Å². The lowest BCUT2D eigenvalue weighted by molar-refractivity contribution is 0.413. The number of aryl methyl sites for hydroxylation is 1. The van der Waals surface area contributed by atoms with Gasteiger partial charge < -0.3 is 4.74 Å². The Balaban J connectivity index is 0.000000671. The average molecular weight is 184 g/mol. The Kier molecular flexibility index (Phi) is 5.94. The maximum Gasteiger partial charge on any atom is 0.126 e. The molecule has 0 unspecified atom stereocenters. The van der Waals surface area contributed by atoms with Crippen molar-refractivity contribution in [1.29, 1.82) is 0 Å². The summed E-state index contributed by atoms with van der Waals surface area (Å²) in [4.78, 5) is 0. The number of benzene rings is 1. The van der Waals surface area contributed by atoms with E-state index in [4.69, 9.17) is 4.74 Å². The fraction of sp³-hybridized carbons (Fsp3) is 0.455. The Hall–Kier alpha value is -1.05. The molecule has 0 aromatic heterocycles. The number of hydrogen-bond acceptors (Lipinski definition) is 1. The van der Waals surface area contributed by atoms with Crippen LogP contribution in [-0.4, -0.2) is 7.11 Å². The van der Waals surface area contributed by atoms with Crippen molar-refractivity contribution in [1.82, 2.24) is 0 Å². The van der Waals surface area contributed by atoms with Crippen molar-refractivity contribution >= 4 is 0 Å². The smallest absolute Gasteiger partial charge is 0.126 e. The molecule has 0 saturated heterocycles. The van der Waals surface area contributed by atoms with Crippen LogP contribution in [0, 0.1) is 5.82 Å². The van der Waals surface area contributed by atoms with Crippen LogP contribution in [0.4, 0.5) is 4.39 Å². The zero-order valence-electron chi connectivity index (χ0n) is 8.73. The Morgan fingerprint density at radius 2 is 1.92 bits per heavy atom. The van der Waals surface area contributed by atoms with Gasteiger partial charge in [0.1, 0.15) is 11.6 Å². The minimum Gasteiger partial charge on any atom is -0.497 e. The van der Waals surface area contributed by atoms with Crippen LogP contribution in [0.5, 0.6) is 5.75 Å². The third-order valence-electron chi connectivity index (χ3n) is 1.63. The van der Waals surface area contributed by atoms with Crippen LogP contribution < -0.4 is 4.74 Å². The molecule has 0 atom stereocenters. The van der Waals surface area contributed by atoms with Crippen molar-refractivity contribution in [2.45, 2.75) is 27.2 Å². The van der Waals surface area contributed by atoms with E-state index in [-0.39, 0.29) is 5.82 Å². The lowest BCUT2D eigenvalue weighted by atomic mass is 10.1. The molecule has 1 aromatic rings. The standard InChI is InChI=1S/C9H11FO.C2H6/c1-3-7-6-8(11-2)4-5-9(7)10;1-2/h4-6H,3H2,1-2H3;1-2H3. The van der Waals surface area contributed by atoms with Gasteiger partial charge >= 0.3 is 0 Å². The molecule has 0 saturated carbocycles. The maximum absolute atomic E-state index is 12.9. The van der Waals surface area contributed by atoms with Gasteiger partial charge in [0.25, 0.3) is 0 Å². The van der Waals surface area contributed by atoms with Crippen LogP contribution in [0.3, 0.4) is 0 Å². The molecule has 0 bridgehead atoms. The third-order valence-corrected chi connectivity index (χ3v) is 1.63. The van der Waals surface area contributed by atoms with Gasteiger partial charge in [-0.15, -0.1) is 0 Å². The molecule has 0 spiro atoms. The molecule has 13 heavy (non-hydrogen) atoms. The Morgan fingerprint density at radius 3 is 2.38 bits per heavy atom. The van der Waals surface area contributed by atoms with Crippen molar-refractivity contribution in [3.05, 3.63) is 29.6 Å². The highest BCUT2D eigenvalue weighted by Crippen LogP contribution is 2.16. The molecule has 0 radical (unpaired) electrons. The number of rotatable bonds is 2. The molecule has 1 rings (SSSR count). The Labute approximate surface area is 79.5 Å². The van der Waals surface area contributed by atoms with E-state index in [9.17, 15) is 4.39 Å². The van der Waals surface area contributed by atoms with Crippen molar-refractivity contribution < 1.29 is 9.13 Å². The average Bonchev–Trinajstić information content (AvgIpc) is 2.22. The SMILES string of the molecule is CC.CCc1cc(OC)ccc1F. The fourth-order valence-electron chi connectivity index (χ4n) is 0.949. The summed E-state index contributed by atoms with van der Waals surface area (Å²) in [6, 6.07) is 4.77. The summed E-state index contributed by atoms with van der Waals surface area (Å²) in [5, 5.41) is 0. The Bertz CT molecular complexity index is 246. The molecule has 0 N–H and O–H groups in total. The number of hydrogen-bond donors (Lipinski definition) is 0. The van der Waals surface area contributed by atoms with Gasteiger partial charge in [0, 0.05) is 0 Å². The number of halogens is 1. The molecule has 0 aliphatic heterocycles. The molecule has 0 fully saturated rings. The first kappa shape index (κ1) is 11.9. The van der Waals surface area contributed by atoms with Gasteiger partial charge in [-0.2, -0.15) is 0 Å². The van der Waals surface area contributed by atoms with Gasteiger partial charge in [-0.25, -0.2) is 4.39 Å². The van der Waals surface area contributed by atoms with E-state index in [1.165, 1.54) is 6.07 Å². The van der Waals surface area contributed by atoms with Gasteiger partial charge in [-0.3, -0.25) is 0 Å². The molecule has 1 nitrogen and oxygen atoms in total. The number of ether oxygens (including phenoxy) is 1. The summed E-state index contributed by atoms with van der Waals surface area (Å²) in [5.74, 6) is 0.552. The highest BCUT2D eigenvalue weighted by atomic mass is 19.1. The number of methoxy groups -OCH3 is 1. The highest BCUT2D eigenvalue weighted by molar-refractivity contribution is 5.29. The maximum atomic E-state index is 12.9. The zero-order valence-corrected chi connectivity index (χ0v) is 8.73. The van der Waals surface area contributed by atoms with Crippen LogP contribution in [0.1, 0.15) is 26.3 Å². The molecule has 0 aliphatic rings. The fourth-order valence-corrected chi connectivity index (χ4v) is 0.949. The summed E-state index contributed by atoms with van der Waals surface area (Å²) < 4.78 is 17.8. The van der Waals surface area contributed by atoms with Crippen molar-refractivity contribution in [3.8, 4) is 5.75 Å². The predicted octanol–water partition coefficient (Wildman–Crippen LogP) is 3.42. The zero-order chi connectivity index (χ0) is 10.3. The molecule has 74 valence electrons. The van der Waals surface area contributed by atoms with Crippen molar-refractivity contribution in [2.75, 3.05) is 7.11 Å². The molecule has 0 aliphatic carbocycles. The summed E-state index contributed by atoms with van der Waals surface area (Å²) in [5.41, 5.74) is 0.698. The first-order valence-electron chi connectivity index (χ1n) is 4.60. The van der Waals surface area contributed by atoms with E-state index in [1.54, 1.807) is 19.2 Å². The van der Waals surface area contributed by atoms with E-state index in [1.807, 2.05) is 20.8 Å². The lowest BCUT2D eigenvalue weighted by Crippen LogP contribution is -1.89. The molecular formula is C11H17FO. The van der Waals surface area contributed by atoms with Gasteiger partial charge in [-0.05, 0) is 30.2 Å². The van der Waals surface area contributed by atoms with Crippen LogP contribution in [0.25, 0.3) is 0 Å². The topological polar surface area (TPSA) is 9.23 Å². The summed E-state index contributed by atoms with van der Waals surface area (Å²) in [6.07, 6.45) is 0.697. The van der Waals surface area contributed by atoms with Gasteiger partial charge in [-0.1, -0.05) is 20.8 Å². The van der Waals surface area contributed by atoms with Crippen LogP contribution in [-0.2, 0) is 6.42 Å². The second kappa shape index (κ2) is 6.46. The van der Waals surface area contributed by atoms with E-state index >= 15 is 0 Å². The second-order valence-corrected chi connectivity index (χ2v) is 2.31.